The zero-order valence-electron chi connectivity index (χ0n) is 21.9. The van der Waals surface area contributed by atoms with Crippen LogP contribution in [0.3, 0.4) is 0 Å². The van der Waals surface area contributed by atoms with E-state index < -0.39 is 12.0 Å². The molecule has 1 aliphatic heterocycles. The molecule has 0 aliphatic carbocycles. The summed E-state index contributed by atoms with van der Waals surface area (Å²) in [5.41, 5.74) is 2.96. The second-order valence-electron chi connectivity index (χ2n) is 9.50. The van der Waals surface area contributed by atoms with E-state index in [1.165, 1.54) is 16.7 Å². The SMILES string of the molecule is CC(=O)N1C=C(c2cccc(OCc3ccccc3)c2)N(CC(=O)OCc2ccccc2)C(=O)C1C(C)C. The summed E-state index contributed by atoms with van der Waals surface area (Å²) in [5.74, 6) is -0.681. The van der Waals surface area contributed by atoms with Crippen molar-refractivity contribution in [2.24, 2.45) is 5.92 Å². The maximum Gasteiger partial charge on any atom is 0.326 e. The van der Waals surface area contributed by atoms with Gasteiger partial charge in [-0.05, 0) is 29.2 Å². The Morgan fingerprint density at radius 1 is 0.868 bits per heavy atom. The number of esters is 1. The fraction of sp³-hybridized carbons (Fsp3) is 0.258. The molecular formula is C31H32N2O5. The molecule has 1 atom stereocenters. The first kappa shape index (κ1) is 26.7. The predicted octanol–water partition coefficient (Wildman–Crippen LogP) is 5.02. The fourth-order valence-corrected chi connectivity index (χ4v) is 4.36. The van der Waals surface area contributed by atoms with Crippen molar-refractivity contribution in [1.82, 2.24) is 9.80 Å². The number of nitrogens with zero attached hydrogens (tertiary/aromatic N) is 2. The molecule has 2 amide bonds. The van der Waals surface area contributed by atoms with Gasteiger partial charge in [0.05, 0.1) is 5.70 Å². The summed E-state index contributed by atoms with van der Waals surface area (Å²) in [6.07, 6.45) is 1.65. The Labute approximate surface area is 223 Å². The number of hydrogen-bond donors (Lipinski definition) is 0. The van der Waals surface area contributed by atoms with Gasteiger partial charge in [-0.25, -0.2) is 0 Å². The molecule has 0 saturated carbocycles. The minimum absolute atomic E-state index is 0.108. The van der Waals surface area contributed by atoms with Crippen molar-refractivity contribution >= 4 is 23.5 Å². The molecule has 0 aromatic heterocycles. The monoisotopic (exact) mass is 512 g/mol. The maximum atomic E-state index is 13.7. The second-order valence-corrected chi connectivity index (χ2v) is 9.50. The van der Waals surface area contributed by atoms with Crippen LogP contribution in [0, 0.1) is 5.92 Å². The molecule has 7 nitrogen and oxygen atoms in total. The number of rotatable bonds is 9. The van der Waals surface area contributed by atoms with Crippen molar-refractivity contribution in [1.29, 1.82) is 0 Å². The fourth-order valence-electron chi connectivity index (χ4n) is 4.36. The van der Waals surface area contributed by atoms with Crippen LogP contribution >= 0.6 is 0 Å². The lowest BCUT2D eigenvalue weighted by molar-refractivity contribution is -0.151. The molecule has 1 heterocycles. The third-order valence-electron chi connectivity index (χ3n) is 6.27. The molecular weight excluding hydrogens is 480 g/mol. The van der Waals surface area contributed by atoms with Crippen LogP contribution in [-0.2, 0) is 32.3 Å². The van der Waals surface area contributed by atoms with Crippen molar-refractivity contribution in [2.45, 2.75) is 40.0 Å². The Hall–Kier alpha value is -4.39. The normalized spacial score (nSPS) is 15.3. The Morgan fingerprint density at radius 2 is 1.50 bits per heavy atom. The van der Waals surface area contributed by atoms with Gasteiger partial charge >= 0.3 is 5.97 Å². The lowest BCUT2D eigenvalue weighted by atomic mass is 9.97. The summed E-state index contributed by atoms with van der Waals surface area (Å²) < 4.78 is 11.5. The van der Waals surface area contributed by atoms with E-state index in [-0.39, 0.29) is 30.9 Å². The number of ether oxygens (including phenoxy) is 2. The molecule has 0 saturated heterocycles. The van der Waals surface area contributed by atoms with Crippen molar-refractivity contribution in [3.63, 3.8) is 0 Å². The lowest BCUT2D eigenvalue weighted by Crippen LogP contribution is -2.55. The maximum absolute atomic E-state index is 13.7. The van der Waals surface area contributed by atoms with Gasteiger partial charge in [-0.1, -0.05) is 86.6 Å². The average molecular weight is 513 g/mol. The van der Waals surface area contributed by atoms with Gasteiger partial charge in [0, 0.05) is 18.7 Å². The number of carbonyl (C=O) groups is 3. The molecule has 3 aromatic carbocycles. The van der Waals surface area contributed by atoms with E-state index in [0.717, 1.165) is 11.1 Å². The molecule has 0 fully saturated rings. The van der Waals surface area contributed by atoms with Gasteiger partial charge in [0.1, 0.15) is 31.5 Å². The van der Waals surface area contributed by atoms with Crippen molar-refractivity contribution in [3.05, 3.63) is 108 Å². The number of amides is 2. The van der Waals surface area contributed by atoms with Crippen LogP contribution in [0.1, 0.15) is 37.5 Å². The van der Waals surface area contributed by atoms with E-state index in [2.05, 4.69) is 0 Å². The lowest BCUT2D eigenvalue weighted by Gasteiger charge is -2.40. The molecule has 0 N–H and O–H groups in total. The smallest absolute Gasteiger partial charge is 0.326 e. The summed E-state index contributed by atoms with van der Waals surface area (Å²) in [7, 11) is 0. The predicted molar refractivity (Wildman–Crippen MR) is 144 cm³/mol. The van der Waals surface area contributed by atoms with Gasteiger partial charge in [0.2, 0.25) is 5.91 Å². The number of benzene rings is 3. The molecule has 4 rings (SSSR count). The van der Waals surface area contributed by atoms with Gasteiger partial charge in [-0.2, -0.15) is 0 Å². The topological polar surface area (TPSA) is 76.2 Å². The van der Waals surface area contributed by atoms with Crippen LogP contribution < -0.4 is 4.74 Å². The van der Waals surface area contributed by atoms with Gasteiger partial charge in [-0.3, -0.25) is 19.3 Å². The van der Waals surface area contributed by atoms with Crippen LogP contribution in [0.2, 0.25) is 0 Å². The Kier molecular flexibility index (Phi) is 8.58. The minimum atomic E-state index is -0.726. The van der Waals surface area contributed by atoms with E-state index in [1.807, 2.05) is 92.7 Å². The van der Waals surface area contributed by atoms with E-state index in [4.69, 9.17) is 9.47 Å². The van der Waals surface area contributed by atoms with E-state index >= 15 is 0 Å². The first-order valence-electron chi connectivity index (χ1n) is 12.6. The highest BCUT2D eigenvalue weighted by Gasteiger charge is 2.40. The highest BCUT2D eigenvalue weighted by atomic mass is 16.5. The largest absolute Gasteiger partial charge is 0.489 e. The molecule has 7 heteroatoms. The van der Waals surface area contributed by atoms with Crippen molar-refractivity contribution in [2.75, 3.05) is 6.54 Å². The highest BCUT2D eigenvalue weighted by molar-refractivity contribution is 5.99. The minimum Gasteiger partial charge on any atom is -0.489 e. The first-order chi connectivity index (χ1) is 18.3. The van der Waals surface area contributed by atoms with Crippen molar-refractivity contribution < 1.29 is 23.9 Å². The third-order valence-corrected chi connectivity index (χ3v) is 6.27. The molecule has 38 heavy (non-hydrogen) atoms. The summed E-state index contributed by atoms with van der Waals surface area (Å²) >= 11 is 0. The number of carbonyl (C=O) groups excluding carboxylic acids is 3. The van der Waals surface area contributed by atoms with E-state index in [9.17, 15) is 14.4 Å². The molecule has 1 aliphatic rings. The summed E-state index contributed by atoms with van der Waals surface area (Å²) in [6.45, 7) is 5.40. The van der Waals surface area contributed by atoms with Crippen LogP contribution in [0.5, 0.6) is 5.75 Å². The van der Waals surface area contributed by atoms with Gasteiger partial charge in [0.25, 0.3) is 5.91 Å². The van der Waals surface area contributed by atoms with Crippen LogP contribution in [0.25, 0.3) is 5.70 Å². The highest BCUT2D eigenvalue weighted by Crippen LogP contribution is 2.31. The number of hydrogen-bond acceptors (Lipinski definition) is 5. The van der Waals surface area contributed by atoms with Crippen LogP contribution in [0.4, 0.5) is 0 Å². The summed E-state index contributed by atoms with van der Waals surface area (Å²) in [4.78, 5) is 42.0. The molecule has 3 aromatic rings. The van der Waals surface area contributed by atoms with E-state index in [0.29, 0.717) is 23.6 Å². The van der Waals surface area contributed by atoms with Crippen molar-refractivity contribution in [3.8, 4) is 5.75 Å². The molecule has 196 valence electrons. The third kappa shape index (κ3) is 6.48. The van der Waals surface area contributed by atoms with Gasteiger partial charge < -0.3 is 14.4 Å². The van der Waals surface area contributed by atoms with Gasteiger partial charge in [0.15, 0.2) is 0 Å². The van der Waals surface area contributed by atoms with Crippen LogP contribution in [0.15, 0.2) is 91.1 Å². The second kappa shape index (κ2) is 12.2. The van der Waals surface area contributed by atoms with E-state index in [1.54, 1.807) is 12.3 Å². The average Bonchev–Trinajstić information content (AvgIpc) is 2.92. The molecule has 0 spiro atoms. The van der Waals surface area contributed by atoms with Crippen LogP contribution in [-0.4, -0.2) is 40.2 Å². The Balaban J connectivity index is 1.61. The molecule has 1 unspecified atom stereocenters. The summed E-state index contributed by atoms with van der Waals surface area (Å²) in [6, 6.07) is 25.7. The standard InChI is InChI=1S/C31H32N2O5/c1-22(2)30-31(36)33(19-29(35)38-21-25-13-8-5-9-14-25)28(18-32(30)23(3)34)26-15-10-16-27(17-26)37-20-24-11-6-4-7-12-24/h4-18,22,30H,19-21H2,1-3H3. The van der Waals surface area contributed by atoms with Gasteiger partial charge in [-0.15, -0.1) is 0 Å². The Morgan fingerprint density at radius 3 is 2.11 bits per heavy atom. The molecule has 0 bridgehead atoms. The summed E-state index contributed by atoms with van der Waals surface area (Å²) in [5, 5.41) is 0. The molecule has 0 radical (unpaired) electrons. The zero-order chi connectivity index (χ0) is 27.1. The zero-order valence-corrected chi connectivity index (χ0v) is 21.9. The quantitative estimate of drug-likeness (QED) is 0.376. The Bertz CT molecular complexity index is 1300. The first-order valence-corrected chi connectivity index (χ1v) is 12.6.